The molecule has 184 valence electrons. The van der Waals surface area contributed by atoms with E-state index < -0.39 is 21.9 Å². The third-order valence-electron chi connectivity index (χ3n) is 5.78. The Morgan fingerprint density at radius 3 is 2.30 bits per heavy atom. The van der Waals surface area contributed by atoms with Gasteiger partial charge in [0, 0.05) is 33.9 Å². The molecular weight excluding hydrogens is 514 g/mol. The molecule has 0 aliphatic carbocycles. The zero-order valence-corrected chi connectivity index (χ0v) is 20.6. The van der Waals surface area contributed by atoms with Gasteiger partial charge in [0.25, 0.3) is 10.0 Å². The second-order valence-corrected chi connectivity index (χ2v) is 10.2. The maximum Gasteiger partial charge on any atom is 0.416 e. The van der Waals surface area contributed by atoms with E-state index in [4.69, 9.17) is 11.6 Å². The van der Waals surface area contributed by atoms with Gasteiger partial charge in [-0.3, -0.25) is 14.5 Å². The van der Waals surface area contributed by atoms with Crippen molar-refractivity contribution in [1.29, 1.82) is 0 Å². The fourth-order valence-electron chi connectivity index (χ4n) is 4.03. The third-order valence-corrected chi connectivity index (χ3v) is 7.39. The van der Waals surface area contributed by atoms with Crippen molar-refractivity contribution in [1.82, 2.24) is 9.55 Å². The number of carboxylic acid groups (broad SMARTS) is 1. The Morgan fingerprint density at radius 2 is 1.59 bits per heavy atom. The Balaban J connectivity index is 1.48. The van der Waals surface area contributed by atoms with Crippen LogP contribution in [0, 0.1) is 0 Å². The molecule has 37 heavy (non-hydrogen) atoms. The highest BCUT2D eigenvalue weighted by atomic mass is 35.5. The minimum Gasteiger partial charge on any atom is -0.464 e. The van der Waals surface area contributed by atoms with E-state index in [2.05, 4.69) is 9.71 Å². The van der Waals surface area contributed by atoms with Crippen molar-refractivity contribution in [2.24, 2.45) is 0 Å². The summed E-state index contributed by atoms with van der Waals surface area (Å²) < 4.78 is 30.0. The Labute approximate surface area is 216 Å². The van der Waals surface area contributed by atoms with Gasteiger partial charge in [-0.1, -0.05) is 41.9 Å². The number of halogens is 1. The summed E-state index contributed by atoms with van der Waals surface area (Å²) in [5.41, 5.74) is 1.95. The number of fused-ring (bicyclic) bond motifs is 1. The maximum atomic E-state index is 13.2. The van der Waals surface area contributed by atoms with E-state index >= 15 is 0 Å². The maximum absolute atomic E-state index is 13.2. The van der Waals surface area contributed by atoms with Crippen LogP contribution in [0.15, 0.2) is 102 Å². The Hall–Kier alpha value is -4.47. The van der Waals surface area contributed by atoms with Gasteiger partial charge in [-0.25, -0.2) is 17.8 Å². The molecule has 0 radical (unpaired) electrons. The molecule has 2 heterocycles. The fraction of sp³-hybridized carbons (Fsp3) is 0. The number of benzene rings is 3. The first-order valence-electron chi connectivity index (χ1n) is 11.0. The highest BCUT2D eigenvalue weighted by Crippen LogP contribution is 2.30. The normalized spacial score (nSPS) is 11.4. The number of rotatable bonds is 6. The van der Waals surface area contributed by atoms with Crippen LogP contribution >= 0.6 is 11.6 Å². The Kier molecular flexibility index (Phi) is 6.24. The second kappa shape index (κ2) is 9.53. The Bertz CT molecular complexity index is 1770. The number of para-hydroxylation sites is 1. The van der Waals surface area contributed by atoms with Crippen molar-refractivity contribution in [3.8, 4) is 11.3 Å². The molecule has 2 aromatic heterocycles. The lowest BCUT2D eigenvalue weighted by molar-refractivity contribution is 0.103. The van der Waals surface area contributed by atoms with Gasteiger partial charge < -0.3 is 5.11 Å². The molecule has 5 rings (SSSR count). The highest BCUT2D eigenvalue weighted by Gasteiger charge is 2.21. The number of nitrogens with zero attached hydrogens (tertiary/aromatic N) is 2. The minimum absolute atomic E-state index is 0.0634. The monoisotopic (exact) mass is 531 g/mol. The van der Waals surface area contributed by atoms with E-state index in [-0.39, 0.29) is 21.2 Å². The molecule has 0 aliphatic rings. The molecule has 8 nitrogen and oxygen atoms in total. The molecule has 0 saturated carbocycles. The molecule has 0 unspecified atom stereocenters. The molecule has 5 aromatic rings. The summed E-state index contributed by atoms with van der Waals surface area (Å²) in [7, 11) is -4.10. The van der Waals surface area contributed by atoms with Crippen LogP contribution in [-0.2, 0) is 10.0 Å². The number of anilines is 1. The number of carbonyl (C=O) groups excluding carboxylic acids is 1. The van der Waals surface area contributed by atoms with Crippen LogP contribution in [0.5, 0.6) is 0 Å². The lowest BCUT2D eigenvalue weighted by Crippen LogP contribution is -2.16. The number of hydrogen-bond acceptors (Lipinski definition) is 5. The summed E-state index contributed by atoms with van der Waals surface area (Å²) >= 11 is 6.09. The average Bonchev–Trinajstić information content (AvgIpc) is 3.30. The van der Waals surface area contributed by atoms with E-state index in [0.717, 1.165) is 9.95 Å². The van der Waals surface area contributed by atoms with E-state index in [1.807, 2.05) is 6.07 Å². The molecule has 3 aromatic carbocycles. The first-order chi connectivity index (χ1) is 17.7. The largest absolute Gasteiger partial charge is 0.464 e. The Morgan fingerprint density at radius 1 is 0.892 bits per heavy atom. The van der Waals surface area contributed by atoms with Crippen LogP contribution in [0.4, 0.5) is 10.5 Å². The molecule has 10 heteroatoms. The van der Waals surface area contributed by atoms with E-state index in [1.54, 1.807) is 24.3 Å². The van der Waals surface area contributed by atoms with Crippen LogP contribution in [0.2, 0.25) is 5.02 Å². The number of carbonyl (C=O) groups is 2. The number of hydrogen-bond donors (Lipinski definition) is 2. The minimum atomic E-state index is -4.10. The summed E-state index contributed by atoms with van der Waals surface area (Å²) in [5, 5.41) is 10.8. The smallest absolute Gasteiger partial charge is 0.416 e. The summed E-state index contributed by atoms with van der Waals surface area (Å²) in [6.45, 7) is 0. The van der Waals surface area contributed by atoms with E-state index in [1.165, 1.54) is 67.0 Å². The molecule has 2 N–H and O–H groups in total. The predicted molar refractivity (Wildman–Crippen MR) is 141 cm³/mol. The van der Waals surface area contributed by atoms with Gasteiger partial charge in [0.05, 0.1) is 21.8 Å². The molecule has 0 spiro atoms. The predicted octanol–water partition coefficient (Wildman–Crippen LogP) is 5.91. The first-order valence-corrected chi connectivity index (χ1v) is 12.8. The van der Waals surface area contributed by atoms with E-state index in [9.17, 15) is 23.1 Å². The zero-order chi connectivity index (χ0) is 26.2. The summed E-state index contributed by atoms with van der Waals surface area (Å²) in [5.74, 6) is -0.417. The molecule has 0 atom stereocenters. The lowest BCUT2D eigenvalue weighted by atomic mass is 10.0. The average molecular weight is 532 g/mol. The standard InChI is InChI=1S/C27H18ClN3O5S/c28-20-7-10-23(22(16-20)26(32)18-11-13-29-14-12-18)30-37(35,36)21-8-5-17(6-9-21)25-15-19-3-1-2-4-24(19)31(25)27(33)34/h1-16,30H,(H,33,34). The fourth-order valence-corrected chi connectivity index (χ4v) is 5.29. The van der Waals surface area contributed by atoms with Gasteiger partial charge in [-0.05, 0) is 60.2 Å². The molecule has 0 amide bonds. The summed E-state index contributed by atoms with van der Waals surface area (Å²) in [4.78, 5) is 28.8. The molecule has 0 bridgehead atoms. The summed E-state index contributed by atoms with van der Waals surface area (Å²) in [6.07, 6.45) is 1.78. The van der Waals surface area contributed by atoms with Crippen LogP contribution in [0.3, 0.4) is 0 Å². The van der Waals surface area contributed by atoms with Gasteiger partial charge >= 0.3 is 6.09 Å². The molecular formula is C27H18ClN3O5S. The van der Waals surface area contributed by atoms with Gasteiger partial charge in [-0.15, -0.1) is 0 Å². The summed E-state index contributed by atoms with van der Waals surface area (Å²) in [6, 6.07) is 22.0. The van der Waals surface area contributed by atoms with Crippen molar-refractivity contribution < 1.29 is 23.1 Å². The van der Waals surface area contributed by atoms with Gasteiger partial charge in [0.15, 0.2) is 5.78 Å². The van der Waals surface area contributed by atoms with Gasteiger partial charge in [0.2, 0.25) is 0 Å². The van der Waals surface area contributed by atoms with Crippen molar-refractivity contribution >= 4 is 50.1 Å². The van der Waals surface area contributed by atoms with Gasteiger partial charge in [0.1, 0.15) is 0 Å². The third kappa shape index (κ3) is 4.69. The van der Waals surface area contributed by atoms with Crippen molar-refractivity contribution in [2.75, 3.05) is 4.72 Å². The quantitative estimate of drug-likeness (QED) is 0.263. The van der Waals surface area contributed by atoms with Crippen LogP contribution < -0.4 is 4.72 Å². The number of pyridine rings is 1. The molecule has 0 aliphatic heterocycles. The van der Waals surface area contributed by atoms with Crippen molar-refractivity contribution in [2.45, 2.75) is 4.90 Å². The van der Waals surface area contributed by atoms with E-state index in [0.29, 0.717) is 22.3 Å². The number of ketones is 1. The van der Waals surface area contributed by atoms with Crippen molar-refractivity contribution in [3.63, 3.8) is 0 Å². The van der Waals surface area contributed by atoms with Crippen molar-refractivity contribution in [3.05, 3.63) is 113 Å². The van der Waals surface area contributed by atoms with Crippen LogP contribution in [0.1, 0.15) is 15.9 Å². The first kappa shape index (κ1) is 24.2. The zero-order valence-electron chi connectivity index (χ0n) is 19.0. The molecule has 0 saturated heterocycles. The number of sulfonamides is 1. The van der Waals surface area contributed by atoms with Crippen LogP contribution in [0.25, 0.3) is 22.2 Å². The highest BCUT2D eigenvalue weighted by molar-refractivity contribution is 7.92. The van der Waals surface area contributed by atoms with Gasteiger partial charge in [-0.2, -0.15) is 0 Å². The number of nitrogens with one attached hydrogen (secondary N) is 1. The van der Waals surface area contributed by atoms with Crippen LogP contribution in [-0.4, -0.2) is 35.0 Å². The topological polar surface area (TPSA) is 118 Å². The SMILES string of the molecule is O=C(c1ccncc1)c1cc(Cl)ccc1NS(=O)(=O)c1ccc(-c2cc3ccccc3n2C(=O)O)cc1. The second-order valence-electron chi connectivity index (χ2n) is 8.09. The number of aromatic nitrogens is 2. The molecule has 0 fully saturated rings. The lowest BCUT2D eigenvalue weighted by Gasteiger charge is -2.13.